The zero-order valence-corrected chi connectivity index (χ0v) is 20.1. The number of aliphatic hydroxyl groups is 1. The Kier molecular flexibility index (Phi) is 7.58. The Morgan fingerprint density at radius 2 is 1.77 bits per heavy atom. The zero-order valence-electron chi connectivity index (χ0n) is 20.1. The largest absolute Gasteiger partial charge is 0.493 e. The van der Waals surface area contributed by atoms with Gasteiger partial charge in [-0.15, -0.1) is 0 Å². The van der Waals surface area contributed by atoms with Crippen molar-refractivity contribution in [3.8, 4) is 5.75 Å². The molecule has 0 radical (unpaired) electrons. The predicted molar refractivity (Wildman–Crippen MR) is 130 cm³/mol. The van der Waals surface area contributed by atoms with E-state index in [1.807, 2.05) is 17.9 Å². The van der Waals surface area contributed by atoms with Crippen LogP contribution in [-0.4, -0.2) is 48.4 Å². The average molecular weight is 488 g/mol. The Balaban J connectivity index is 1.29. The van der Waals surface area contributed by atoms with Crippen molar-refractivity contribution in [2.24, 2.45) is 0 Å². The normalized spacial score (nSPS) is 18.5. The fourth-order valence-corrected chi connectivity index (χ4v) is 5.00. The van der Waals surface area contributed by atoms with Gasteiger partial charge in [0.15, 0.2) is 5.69 Å². The van der Waals surface area contributed by atoms with Crippen molar-refractivity contribution in [1.82, 2.24) is 4.90 Å². The van der Waals surface area contributed by atoms with Crippen LogP contribution in [0.25, 0.3) is 4.85 Å². The number of anilines is 1. The molecular formula is C27H32F3N3O2. The number of hydrogen-bond donors (Lipinski definition) is 1. The number of ether oxygens (including phenoxy) is 1. The Hall–Kier alpha value is -2.76. The molecule has 0 spiro atoms. The third kappa shape index (κ3) is 6.28. The Morgan fingerprint density at radius 3 is 2.40 bits per heavy atom. The van der Waals surface area contributed by atoms with E-state index in [0.29, 0.717) is 44.6 Å². The van der Waals surface area contributed by atoms with Gasteiger partial charge in [0.25, 0.3) is 0 Å². The molecule has 0 aromatic heterocycles. The van der Waals surface area contributed by atoms with Crippen molar-refractivity contribution in [3.05, 3.63) is 64.5 Å². The lowest BCUT2D eigenvalue weighted by Gasteiger charge is -2.39. The third-order valence-corrected chi connectivity index (χ3v) is 7.13. The molecule has 5 nitrogen and oxygen atoms in total. The quantitative estimate of drug-likeness (QED) is 0.489. The van der Waals surface area contributed by atoms with Gasteiger partial charge in [-0.25, -0.2) is 4.85 Å². The topological polar surface area (TPSA) is 40.3 Å². The molecule has 2 aliphatic rings. The number of rotatable bonds is 7. The molecule has 2 aromatic carbocycles. The Labute approximate surface area is 204 Å². The van der Waals surface area contributed by atoms with E-state index in [9.17, 15) is 18.3 Å². The highest BCUT2D eigenvalue weighted by atomic mass is 19.4. The van der Waals surface area contributed by atoms with Crippen molar-refractivity contribution < 1.29 is 23.0 Å². The number of aryl methyl sites for hydroxylation is 1. The average Bonchev–Trinajstić information content (AvgIpc) is 3.33. The van der Waals surface area contributed by atoms with Crippen LogP contribution >= 0.6 is 0 Å². The molecule has 0 aliphatic carbocycles. The molecule has 2 aromatic rings. The molecule has 2 fully saturated rings. The molecule has 0 bridgehead atoms. The van der Waals surface area contributed by atoms with Gasteiger partial charge in [-0.05, 0) is 75.0 Å². The summed E-state index contributed by atoms with van der Waals surface area (Å²) in [6, 6.07) is 10.1. The van der Waals surface area contributed by atoms with E-state index in [1.165, 1.54) is 24.5 Å². The summed E-state index contributed by atoms with van der Waals surface area (Å²) in [6.07, 6.45) is -0.700. The van der Waals surface area contributed by atoms with Gasteiger partial charge in [0, 0.05) is 31.7 Å². The predicted octanol–water partition coefficient (Wildman–Crippen LogP) is 5.96. The first kappa shape index (κ1) is 25.3. The molecule has 0 amide bonds. The van der Waals surface area contributed by atoms with Crippen LogP contribution in [0.15, 0.2) is 36.4 Å². The lowest BCUT2D eigenvalue weighted by atomic mass is 9.88. The number of nitrogens with zero attached hydrogens (tertiary/aromatic N) is 3. The van der Waals surface area contributed by atoms with Gasteiger partial charge in [-0.2, -0.15) is 13.2 Å². The maximum atomic E-state index is 13.3. The van der Waals surface area contributed by atoms with Crippen molar-refractivity contribution in [2.45, 2.75) is 57.3 Å². The highest BCUT2D eigenvalue weighted by Crippen LogP contribution is 2.39. The molecule has 0 saturated carbocycles. The minimum atomic E-state index is -4.58. The second-order valence-corrected chi connectivity index (χ2v) is 9.70. The first-order valence-corrected chi connectivity index (χ1v) is 12.2. The number of alkyl halides is 3. The van der Waals surface area contributed by atoms with Gasteiger partial charge in [-0.1, -0.05) is 18.2 Å². The molecule has 4 rings (SSSR count). The van der Waals surface area contributed by atoms with Crippen LogP contribution in [0.4, 0.5) is 24.5 Å². The van der Waals surface area contributed by atoms with E-state index < -0.39 is 23.0 Å². The Morgan fingerprint density at radius 1 is 1.06 bits per heavy atom. The molecule has 188 valence electrons. The van der Waals surface area contributed by atoms with Gasteiger partial charge in [-0.3, -0.25) is 4.90 Å². The second-order valence-electron chi connectivity index (χ2n) is 9.70. The molecule has 1 N–H and O–H groups in total. The van der Waals surface area contributed by atoms with Gasteiger partial charge in [0.05, 0.1) is 24.3 Å². The molecule has 8 heteroatoms. The van der Waals surface area contributed by atoms with Gasteiger partial charge in [0.2, 0.25) is 0 Å². The van der Waals surface area contributed by atoms with E-state index in [4.69, 9.17) is 11.3 Å². The van der Waals surface area contributed by atoms with Crippen LogP contribution in [0.1, 0.15) is 48.8 Å². The van der Waals surface area contributed by atoms with Crippen LogP contribution in [0.3, 0.4) is 0 Å². The first-order valence-electron chi connectivity index (χ1n) is 12.2. The number of likely N-dealkylation sites (tertiary alicyclic amines) is 1. The van der Waals surface area contributed by atoms with E-state index in [1.54, 1.807) is 6.07 Å². The molecule has 2 aliphatic heterocycles. The summed E-state index contributed by atoms with van der Waals surface area (Å²) in [5, 5.41) is 11.0. The minimum absolute atomic E-state index is 0.376. The first-order chi connectivity index (χ1) is 16.7. The molecule has 0 atom stereocenters. The summed E-state index contributed by atoms with van der Waals surface area (Å²) >= 11 is 0. The van der Waals surface area contributed by atoms with Gasteiger partial charge < -0.3 is 14.7 Å². The lowest BCUT2D eigenvalue weighted by Crippen LogP contribution is -2.45. The molecule has 35 heavy (non-hydrogen) atoms. The van der Waals surface area contributed by atoms with E-state index in [0.717, 1.165) is 37.0 Å². The van der Waals surface area contributed by atoms with Gasteiger partial charge in [0.1, 0.15) is 5.75 Å². The standard InChI is InChI=1S/C27H32F3N3O2/c1-20-17-21(19-32-12-3-4-13-32)5-8-25(20)35-16-11-26(34)9-14-33(15-10-26)22-6-7-24(31-2)23(18-22)27(28,29)30/h5-8,17-18,34H,3-4,9-16,19H2,1H3. The summed E-state index contributed by atoms with van der Waals surface area (Å²) in [4.78, 5) is 7.29. The van der Waals surface area contributed by atoms with Crippen LogP contribution in [0, 0.1) is 13.5 Å². The smallest absolute Gasteiger partial charge is 0.407 e. The molecule has 0 unspecified atom stereocenters. The Bertz CT molecular complexity index is 1070. The number of benzene rings is 2. The summed E-state index contributed by atoms with van der Waals surface area (Å²) in [6.45, 7) is 13.6. The fourth-order valence-electron chi connectivity index (χ4n) is 5.00. The monoisotopic (exact) mass is 487 g/mol. The summed E-state index contributed by atoms with van der Waals surface area (Å²) in [7, 11) is 0. The summed E-state index contributed by atoms with van der Waals surface area (Å²) in [5.74, 6) is 0.816. The maximum absolute atomic E-state index is 13.3. The van der Waals surface area contributed by atoms with Crippen LogP contribution in [0.5, 0.6) is 5.75 Å². The van der Waals surface area contributed by atoms with Crippen molar-refractivity contribution in [1.29, 1.82) is 0 Å². The third-order valence-electron chi connectivity index (χ3n) is 7.13. The van der Waals surface area contributed by atoms with Gasteiger partial charge >= 0.3 is 6.18 Å². The number of hydrogen-bond acceptors (Lipinski definition) is 4. The van der Waals surface area contributed by atoms with E-state index in [-0.39, 0.29) is 0 Å². The number of halogens is 3. The molecular weight excluding hydrogens is 455 g/mol. The van der Waals surface area contributed by atoms with E-state index >= 15 is 0 Å². The highest BCUT2D eigenvalue weighted by Gasteiger charge is 2.36. The molecule has 2 saturated heterocycles. The summed E-state index contributed by atoms with van der Waals surface area (Å²) in [5.41, 5.74) is 0.552. The molecule has 2 heterocycles. The van der Waals surface area contributed by atoms with Crippen molar-refractivity contribution in [2.75, 3.05) is 37.7 Å². The SMILES string of the molecule is [C-]#[N+]c1ccc(N2CCC(O)(CCOc3ccc(CN4CCCC4)cc3C)CC2)cc1C(F)(F)F. The zero-order chi connectivity index (χ0) is 25.1. The minimum Gasteiger partial charge on any atom is -0.493 e. The van der Waals surface area contributed by atoms with E-state index in [2.05, 4.69) is 21.9 Å². The lowest BCUT2D eigenvalue weighted by molar-refractivity contribution is -0.136. The highest BCUT2D eigenvalue weighted by molar-refractivity contribution is 5.62. The maximum Gasteiger partial charge on any atom is 0.407 e. The number of piperidine rings is 1. The van der Waals surface area contributed by atoms with Crippen LogP contribution in [0.2, 0.25) is 0 Å². The van der Waals surface area contributed by atoms with Crippen LogP contribution < -0.4 is 9.64 Å². The second kappa shape index (κ2) is 10.5. The summed E-state index contributed by atoms with van der Waals surface area (Å²) < 4.78 is 45.9. The fraction of sp³-hybridized carbons (Fsp3) is 0.519. The van der Waals surface area contributed by atoms with Crippen molar-refractivity contribution in [3.63, 3.8) is 0 Å². The van der Waals surface area contributed by atoms with Crippen LogP contribution in [-0.2, 0) is 12.7 Å². The van der Waals surface area contributed by atoms with Crippen molar-refractivity contribution >= 4 is 11.4 Å².